The highest BCUT2D eigenvalue weighted by molar-refractivity contribution is 5.82. The highest BCUT2D eigenvalue weighted by Gasteiger charge is 2.60. The summed E-state index contributed by atoms with van der Waals surface area (Å²) >= 11 is 0. The highest BCUT2D eigenvalue weighted by Crippen LogP contribution is 2.57. The van der Waals surface area contributed by atoms with Crippen LogP contribution in [-0.2, 0) is 0 Å². The first-order chi connectivity index (χ1) is 11.6. The van der Waals surface area contributed by atoms with E-state index >= 15 is 0 Å². The van der Waals surface area contributed by atoms with Crippen LogP contribution in [0.1, 0.15) is 44.5 Å². The van der Waals surface area contributed by atoms with Crippen LogP contribution in [0, 0.1) is 23.7 Å². The lowest BCUT2D eigenvalue weighted by Crippen LogP contribution is -2.31. The molecule has 0 bridgehead atoms. The van der Waals surface area contributed by atoms with Gasteiger partial charge in [0.05, 0.1) is 18.5 Å². The molecule has 2 fully saturated rings. The van der Waals surface area contributed by atoms with Gasteiger partial charge < -0.3 is 20.5 Å². The Labute approximate surface area is 139 Å². The molecule has 2 aliphatic carbocycles. The normalized spacial score (nSPS) is 30.9. The van der Waals surface area contributed by atoms with Gasteiger partial charge in [-0.3, -0.25) is 0 Å². The summed E-state index contributed by atoms with van der Waals surface area (Å²) in [5.74, 6) is 7.12. The number of fused-ring (bicyclic) bond motifs is 2. The number of aliphatic hydroxyl groups is 2. The van der Waals surface area contributed by atoms with E-state index in [9.17, 15) is 10.2 Å². The van der Waals surface area contributed by atoms with Crippen molar-refractivity contribution >= 4 is 17.0 Å². The van der Waals surface area contributed by atoms with Crippen LogP contribution in [0.15, 0.2) is 6.33 Å². The molecule has 7 heteroatoms. The minimum atomic E-state index is -0.804. The lowest BCUT2D eigenvalue weighted by atomic mass is 10.1. The monoisotopic (exact) mass is 327 g/mol. The van der Waals surface area contributed by atoms with E-state index in [1.54, 1.807) is 6.33 Å². The maximum absolute atomic E-state index is 10.3. The highest BCUT2D eigenvalue weighted by atomic mass is 16.3. The van der Waals surface area contributed by atoms with E-state index < -0.39 is 12.2 Å². The summed E-state index contributed by atoms with van der Waals surface area (Å²) in [6.45, 7) is 2.12. The molecule has 24 heavy (non-hydrogen) atoms. The molecular formula is C17H21N5O2. The van der Waals surface area contributed by atoms with E-state index in [2.05, 4.69) is 33.7 Å². The third kappa shape index (κ3) is 2.34. The van der Waals surface area contributed by atoms with Crippen molar-refractivity contribution in [2.45, 2.75) is 50.9 Å². The molecule has 2 aliphatic rings. The molecule has 126 valence electrons. The van der Waals surface area contributed by atoms with Crippen LogP contribution in [0.25, 0.3) is 11.2 Å². The van der Waals surface area contributed by atoms with Crippen molar-refractivity contribution in [1.29, 1.82) is 0 Å². The van der Waals surface area contributed by atoms with E-state index in [1.807, 2.05) is 4.57 Å². The molecule has 2 saturated carbocycles. The molecule has 0 aliphatic heterocycles. The lowest BCUT2D eigenvalue weighted by molar-refractivity contribution is 0.00386. The standard InChI is InChI=1S/C17H21N5O2/c1-2-3-4-5-6-11-20-16(18)12-17(21-11)22(8-19-12)13-9-7-10(9)14(23)15(13)24/h8-10,13-15,23-24H,2-4,7H2,1H3,(H2,18,20,21). The predicted octanol–water partition coefficient (Wildman–Crippen LogP) is 0.863. The van der Waals surface area contributed by atoms with Gasteiger partial charge in [-0.1, -0.05) is 19.3 Å². The Morgan fingerprint density at radius 3 is 2.83 bits per heavy atom. The summed E-state index contributed by atoms with van der Waals surface area (Å²) in [7, 11) is 0. The van der Waals surface area contributed by atoms with Crippen molar-refractivity contribution in [2.24, 2.45) is 11.8 Å². The topological polar surface area (TPSA) is 110 Å². The van der Waals surface area contributed by atoms with Gasteiger partial charge in [-0.25, -0.2) is 15.0 Å². The van der Waals surface area contributed by atoms with Crippen LogP contribution in [0.3, 0.4) is 0 Å². The first kappa shape index (κ1) is 15.4. The molecule has 4 rings (SSSR count). The number of anilines is 1. The van der Waals surface area contributed by atoms with Gasteiger partial charge in [-0.2, -0.15) is 0 Å². The maximum atomic E-state index is 10.3. The second-order valence-corrected chi connectivity index (χ2v) is 6.70. The molecule has 0 amide bonds. The number of hydrogen-bond acceptors (Lipinski definition) is 6. The number of hydrogen-bond donors (Lipinski definition) is 3. The van der Waals surface area contributed by atoms with Gasteiger partial charge in [0.2, 0.25) is 5.82 Å². The number of aromatic nitrogens is 4. The van der Waals surface area contributed by atoms with E-state index in [4.69, 9.17) is 5.73 Å². The fourth-order valence-electron chi connectivity index (χ4n) is 3.72. The Morgan fingerprint density at radius 1 is 1.29 bits per heavy atom. The first-order valence-electron chi connectivity index (χ1n) is 8.47. The molecule has 5 atom stereocenters. The minimum absolute atomic E-state index is 0.176. The van der Waals surface area contributed by atoms with Gasteiger partial charge in [0.25, 0.3) is 0 Å². The summed E-state index contributed by atoms with van der Waals surface area (Å²) in [4.78, 5) is 13.0. The van der Waals surface area contributed by atoms with E-state index in [0.29, 0.717) is 22.8 Å². The van der Waals surface area contributed by atoms with E-state index in [1.165, 1.54) is 0 Å². The number of nitrogens with zero attached hydrogens (tertiary/aromatic N) is 4. The van der Waals surface area contributed by atoms with E-state index in [-0.39, 0.29) is 17.9 Å². The Kier molecular flexibility index (Phi) is 3.66. The van der Waals surface area contributed by atoms with Gasteiger partial charge in [0.15, 0.2) is 11.5 Å². The Balaban J connectivity index is 1.72. The number of nitrogens with two attached hydrogens (primary N) is 1. The van der Waals surface area contributed by atoms with Gasteiger partial charge in [0.1, 0.15) is 11.6 Å². The number of nitrogen functional groups attached to an aromatic ring is 1. The van der Waals surface area contributed by atoms with Crippen molar-refractivity contribution in [2.75, 3.05) is 5.73 Å². The molecule has 7 nitrogen and oxygen atoms in total. The van der Waals surface area contributed by atoms with Crippen LogP contribution in [0.4, 0.5) is 5.82 Å². The van der Waals surface area contributed by atoms with Crippen molar-refractivity contribution in [3.8, 4) is 11.8 Å². The van der Waals surface area contributed by atoms with Crippen LogP contribution in [0.2, 0.25) is 0 Å². The smallest absolute Gasteiger partial charge is 0.208 e. The number of unbranched alkanes of at least 4 members (excludes halogenated alkanes) is 2. The summed E-state index contributed by atoms with van der Waals surface area (Å²) < 4.78 is 1.83. The van der Waals surface area contributed by atoms with Crippen LogP contribution >= 0.6 is 0 Å². The van der Waals surface area contributed by atoms with Crippen LogP contribution in [0.5, 0.6) is 0 Å². The second-order valence-electron chi connectivity index (χ2n) is 6.70. The Bertz CT molecular complexity index is 837. The molecule has 2 aromatic rings. The quantitative estimate of drug-likeness (QED) is 0.570. The third-order valence-electron chi connectivity index (χ3n) is 5.09. The number of rotatable bonds is 3. The summed E-state index contributed by atoms with van der Waals surface area (Å²) in [5.41, 5.74) is 7.09. The second kappa shape index (κ2) is 5.72. The zero-order chi connectivity index (χ0) is 16.8. The average molecular weight is 327 g/mol. The van der Waals surface area contributed by atoms with Crippen molar-refractivity contribution in [3.05, 3.63) is 12.2 Å². The van der Waals surface area contributed by atoms with Gasteiger partial charge >= 0.3 is 0 Å². The lowest BCUT2D eigenvalue weighted by Gasteiger charge is -2.22. The van der Waals surface area contributed by atoms with Gasteiger partial charge in [0, 0.05) is 6.42 Å². The number of aliphatic hydroxyl groups excluding tert-OH is 2. The van der Waals surface area contributed by atoms with Crippen molar-refractivity contribution in [3.63, 3.8) is 0 Å². The zero-order valence-electron chi connectivity index (χ0n) is 13.6. The minimum Gasteiger partial charge on any atom is -0.390 e. The molecule has 0 aromatic carbocycles. The molecular weight excluding hydrogens is 306 g/mol. The van der Waals surface area contributed by atoms with Gasteiger partial charge in [-0.15, -0.1) is 0 Å². The van der Waals surface area contributed by atoms with E-state index in [0.717, 1.165) is 25.7 Å². The largest absolute Gasteiger partial charge is 0.390 e. The SMILES string of the molecule is CCCCC#Cc1nc(N)c2ncn(C3C(O)C(O)C4CC43)c2n1. The van der Waals surface area contributed by atoms with Crippen LogP contribution in [-0.4, -0.2) is 41.9 Å². The zero-order valence-corrected chi connectivity index (χ0v) is 13.6. The Hall–Kier alpha value is -2.17. The Morgan fingerprint density at radius 2 is 2.12 bits per heavy atom. The average Bonchev–Trinajstić information content (AvgIpc) is 3.16. The molecule has 4 N–H and O–H groups in total. The van der Waals surface area contributed by atoms with Crippen molar-refractivity contribution in [1.82, 2.24) is 19.5 Å². The number of imidazole rings is 1. The molecule has 0 saturated heterocycles. The molecule has 0 radical (unpaired) electrons. The summed E-state index contributed by atoms with van der Waals surface area (Å²) in [5, 5.41) is 20.4. The maximum Gasteiger partial charge on any atom is 0.208 e. The van der Waals surface area contributed by atoms with Gasteiger partial charge in [-0.05, 0) is 30.6 Å². The third-order valence-corrected chi connectivity index (χ3v) is 5.09. The fourth-order valence-corrected chi connectivity index (χ4v) is 3.72. The molecule has 2 aromatic heterocycles. The van der Waals surface area contributed by atoms with Crippen molar-refractivity contribution < 1.29 is 10.2 Å². The summed E-state index contributed by atoms with van der Waals surface area (Å²) in [6, 6.07) is -0.217. The fraction of sp³-hybridized carbons (Fsp3) is 0.588. The van der Waals surface area contributed by atoms with Crippen LogP contribution < -0.4 is 5.73 Å². The molecule has 0 spiro atoms. The summed E-state index contributed by atoms with van der Waals surface area (Å²) in [6.07, 6.45) is 4.00. The molecule has 5 unspecified atom stereocenters. The first-order valence-corrected chi connectivity index (χ1v) is 8.47. The predicted molar refractivity (Wildman–Crippen MR) is 88.8 cm³/mol. The molecule has 2 heterocycles.